The second-order valence-corrected chi connectivity index (χ2v) is 5.88. The Bertz CT molecular complexity index is 621. The molecule has 0 atom stereocenters. The third-order valence-electron chi connectivity index (χ3n) is 2.77. The zero-order chi connectivity index (χ0) is 14.7. The molecular formula is C13H13BrCl2N4. The van der Waals surface area contributed by atoms with Gasteiger partial charge in [-0.15, -0.1) is 0 Å². The Balaban J connectivity index is 2.30. The van der Waals surface area contributed by atoms with Crippen molar-refractivity contribution in [3.05, 3.63) is 50.4 Å². The van der Waals surface area contributed by atoms with E-state index in [2.05, 4.69) is 26.3 Å². The highest BCUT2D eigenvalue weighted by molar-refractivity contribution is 9.10. The number of nitrogens with one attached hydrogen (secondary N) is 1. The number of nitrogen functional groups attached to an aromatic ring is 1. The number of nitrogens with zero attached hydrogens (tertiary/aromatic N) is 2. The van der Waals surface area contributed by atoms with E-state index in [0.717, 1.165) is 10.0 Å². The maximum Gasteiger partial charge on any atom is 0.161 e. The number of anilines is 2. The number of halogens is 3. The highest BCUT2D eigenvalue weighted by Gasteiger charge is 2.13. The molecular weight excluding hydrogens is 363 g/mol. The molecule has 0 unspecified atom stereocenters. The van der Waals surface area contributed by atoms with Gasteiger partial charge >= 0.3 is 0 Å². The lowest BCUT2D eigenvalue weighted by molar-refractivity contribution is 0.894. The van der Waals surface area contributed by atoms with E-state index in [9.17, 15) is 0 Å². The average Bonchev–Trinajstić information content (AvgIpc) is 2.41. The average molecular weight is 376 g/mol. The van der Waals surface area contributed by atoms with Crippen LogP contribution in [-0.4, -0.2) is 12.0 Å². The first-order chi connectivity index (χ1) is 9.52. The largest absolute Gasteiger partial charge is 0.354 e. The lowest BCUT2D eigenvalue weighted by Gasteiger charge is -2.21. The number of nitrogens with two attached hydrogens (primary N) is 1. The Morgan fingerprint density at radius 1 is 1.30 bits per heavy atom. The van der Waals surface area contributed by atoms with Gasteiger partial charge in [0, 0.05) is 18.1 Å². The quantitative estimate of drug-likeness (QED) is 0.624. The van der Waals surface area contributed by atoms with Gasteiger partial charge in [0.15, 0.2) is 5.82 Å². The minimum Gasteiger partial charge on any atom is -0.354 e. The van der Waals surface area contributed by atoms with Crippen molar-refractivity contribution in [1.82, 2.24) is 4.98 Å². The van der Waals surface area contributed by atoms with Crippen molar-refractivity contribution in [3.63, 3.8) is 0 Å². The summed E-state index contributed by atoms with van der Waals surface area (Å²) < 4.78 is 1.04. The number of hydrazine groups is 1. The van der Waals surface area contributed by atoms with Crippen LogP contribution in [0.3, 0.4) is 0 Å². The number of rotatable bonds is 4. The summed E-state index contributed by atoms with van der Waals surface area (Å²) in [6.07, 6.45) is 0. The van der Waals surface area contributed by atoms with Gasteiger partial charge in [-0.1, -0.05) is 57.3 Å². The van der Waals surface area contributed by atoms with Crippen molar-refractivity contribution in [3.8, 4) is 0 Å². The fraction of sp³-hybridized carbons (Fsp3) is 0.154. The van der Waals surface area contributed by atoms with Gasteiger partial charge in [0.25, 0.3) is 0 Å². The van der Waals surface area contributed by atoms with Crippen LogP contribution in [0, 0.1) is 0 Å². The van der Waals surface area contributed by atoms with Crippen LogP contribution in [0.1, 0.15) is 5.56 Å². The van der Waals surface area contributed by atoms with Crippen LogP contribution < -0.4 is 16.2 Å². The highest BCUT2D eigenvalue weighted by Crippen LogP contribution is 2.31. The van der Waals surface area contributed by atoms with Gasteiger partial charge in [-0.25, -0.2) is 10.8 Å². The number of hydrogen-bond acceptors (Lipinski definition) is 4. The van der Waals surface area contributed by atoms with Crippen LogP contribution in [0.4, 0.5) is 11.6 Å². The maximum atomic E-state index is 6.19. The standard InChI is InChI=1S/C13H13BrCl2N4/c1-20(7-8-4-2-3-5-9(8)14)13-11(16)6-10(15)12(18-13)19-17/h2-6H,7,17H2,1H3,(H,18,19). The summed E-state index contributed by atoms with van der Waals surface area (Å²) in [6, 6.07) is 9.60. The molecule has 1 heterocycles. The first-order valence-corrected chi connectivity index (χ1v) is 7.35. The lowest BCUT2D eigenvalue weighted by Crippen LogP contribution is -2.20. The fourth-order valence-electron chi connectivity index (χ4n) is 1.78. The SMILES string of the molecule is CN(Cc1ccccc1Br)c1nc(NN)c(Cl)cc1Cl. The van der Waals surface area contributed by atoms with E-state index in [1.165, 1.54) is 0 Å². The molecule has 2 aromatic rings. The molecule has 0 aliphatic heterocycles. The molecule has 0 aliphatic carbocycles. The topological polar surface area (TPSA) is 54.2 Å². The zero-order valence-electron chi connectivity index (χ0n) is 10.7. The van der Waals surface area contributed by atoms with Crippen LogP contribution >= 0.6 is 39.1 Å². The van der Waals surface area contributed by atoms with Gasteiger partial charge in [-0.05, 0) is 17.7 Å². The molecule has 0 spiro atoms. The summed E-state index contributed by atoms with van der Waals surface area (Å²) in [5, 5.41) is 0.860. The summed E-state index contributed by atoms with van der Waals surface area (Å²) in [5.41, 5.74) is 3.59. The van der Waals surface area contributed by atoms with Crippen molar-refractivity contribution in [2.45, 2.75) is 6.54 Å². The van der Waals surface area contributed by atoms with Crippen molar-refractivity contribution in [2.24, 2.45) is 5.84 Å². The van der Waals surface area contributed by atoms with Crippen LogP contribution in [0.5, 0.6) is 0 Å². The van der Waals surface area contributed by atoms with Gasteiger partial charge in [0.1, 0.15) is 5.82 Å². The Morgan fingerprint density at radius 3 is 2.65 bits per heavy atom. The minimum atomic E-state index is 0.385. The van der Waals surface area contributed by atoms with Crippen molar-refractivity contribution in [1.29, 1.82) is 0 Å². The number of aromatic nitrogens is 1. The normalized spacial score (nSPS) is 10.4. The summed E-state index contributed by atoms with van der Waals surface area (Å²) in [7, 11) is 1.90. The van der Waals surface area contributed by atoms with Gasteiger partial charge in [-0.3, -0.25) is 0 Å². The monoisotopic (exact) mass is 374 g/mol. The first-order valence-electron chi connectivity index (χ1n) is 5.80. The molecule has 106 valence electrons. The molecule has 20 heavy (non-hydrogen) atoms. The molecule has 0 radical (unpaired) electrons. The van der Waals surface area contributed by atoms with Crippen LogP contribution in [0.15, 0.2) is 34.8 Å². The molecule has 0 fully saturated rings. The Kier molecular flexibility index (Phi) is 5.10. The van der Waals surface area contributed by atoms with Crippen LogP contribution in [-0.2, 0) is 6.54 Å². The van der Waals surface area contributed by atoms with Crippen molar-refractivity contribution in [2.75, 3.05) is 17.4 Å². The molecule has 1 aromatic carbocycles. The van der Waals surface area contributed by atoms with E-state index in [4.69, 9.17) is 29.0 Å². The molecule has 0 saturated carbocycles. The van der Waals surface area contributed by atoms with Crippen LogP contribution in [0.25, 0.3) is 0 Å². The first kappa shape index (κ1) is 15.4. The maximum absolute atomic E-state index is 6.19. The summed E-state index contributed by atoms with van der Waals surface area (Å²) in [4.78, 5) is 6.26. The second kappa shape index (κ2) is 6.63. The Morgan fingerprint density at radius 2 is 2.00 bits per heavy atom. The molecule has 7 heteroatoms. The van der Waals surface area contributed by atoms with Gasteiger partial charge in [-0.2, -0.15) is 0 Å². The summed E-state index contributed by atoms with van der Waals surface area (Å²) >= 11 is 15.7. The Hall–Kier alpha value is -1.01. The number of benzene rings is 1. The number of pyridine rings is 1. The molecule has 0 saturated heterocycles. The van der Waals surface area contributed by atoms with E-state index >= 15 is 0 Å². The summed E-state index contributed by atoms with van der Waals surface area (Å²) in [5.74, 6) is 6.38. The smallest absolute Gasteiger partial charge is 0.161 e. The van der Waals surface area contributed by atoms with Gasteiger partial charge in [0.2, 0.25) is 0 Å². The molecule has 0 aliphatic rings. The van der Waals surface area contributed by atoms with E-state index in [0.29, 0.717) is 28.2 Å². The van der Waals surface area contributed by atoms with Gasteiger partial charge < -0.3 is 10.3 Å². The molecule has 4 nitrogen and oxygen atoms in total. The summed E-state index contributed by atoms with van der Waals surface area (Å²) in [6.45, 7) is 0.653. The Labute approximate surface area is 136 Å². The van der Waals surface area contributed by atoms with Crippen molar-refractivity contribution >= 4 is 50.8 Å². The molecule has 0 amide bonds. The third kappa shape index (κ3) is 3.35. The molecule has 2 rings (SSSR count). The fourth-order valence-corrected chi connectivity index (χ4v) is 2.75. The minimum absolute atomic E-state index is 0.385. The van der Waals surface area contributed by atoms with Gasteiger partial charge in [0.05, 0.1) is 10.0 Å². The number of hydrogen-bond donors (Lipinski definition) is 2. The molecule has 3 N–H and O–H groups in total. The lowest BCUT2D eigenvalue weighted by atomic mass is 10.2. The second-order valence-electron chi connectivity index (χ2n) is 4.22. The molecule has 1 aromatic heterocycles. The predicted octanol–water partition coefficient (Wildman–Crippen LogP) is 4.07. The van der Waals surface area contributed by atoms with E-state index in [1.54, 1.807) is 6.07 Å². The van der Waals surface area contributed by atoms with E-state index in [1.807, 2.05) is 36.2 Å². The van der Waals surface area contributed by atoms with E-state index in [-0.39, 0.29) is 0 Å². The van der Waals surface area contributed by atoms with Crippen molar-refractivity contribution < 1.29 is 0 Å². The third-order valence-corrected chi connectivity index (χ3v) is 4.11. The highest BCUT2D eigenvalue weighted by atomic mass is 79.9. The van der Waals surface area contributed by atoms with E-state index < -0.39 is 0 Å². The zero-order valence-corrected chi connectivity index (χ0v) is 13.8. The predicted molar refractivity (Wildman–Crippen MR) is 88.3 cm³/mol. The van der Waals surface area contributed by atoms with Crippen LogP contribution in [0.2, 0.25) is 10.0 Å². The molecule has 0 bridgehead atoms.